The highest BCUT2D eigenvalue weighted by atomic mass is 19.3. The molecule has 0 aliphatic rings. The van der Waals surface area contributed by atoms with Crippen LogP contribution in [0, 0.1) is 17.0 Å². The first-order chi connectivity index (χ1) is 6.99. The van der Waals surface area contributed by atoms with E-state index < -0.39 is 17.9 Å². The van der Waals surface area contributed by atoms with Crippen molar-refractivity contribution in [1.29, 1.82) is 0 Å². The Morgan fingerprint density at radius 3 is 2.67 bits per heavy atom. The number of nitrogens with zero attached hydrogens (tertiary/aromatic N) is 1. The molecule has 4 nitrogen and oxygen atoms in total. The summed E-state index contributed by atoms with van der Waals surface area (Å²) in [5, 5.41) is 12.9. The molecule has 0 saturated heterocycles. The van der Waals surface area contributed by atoms with Gasteiger partial charge < -0.3 is 5.32 Å². The van der Waals surface area contributed by atoms with Gasteiger partial charge in [-0.3, -0.25) is 10.1 Å². The van der Waals surface area contributed by atoms with Gasteiger partial charge in [0.1, 0.15) is 0 Å². The molecule has 1 aromatic carbocycles. The first-order valence-electron chi connectivity index (χ1n) is 4.27. The van der Waals surface area contributed by atoms with Gasteiger partial charge in [-0.15, -0.1) is 0 Å². The van der Waals surface area contributed by atoms with Crippen LogP contribution in [0.4, 0.5) is 20.2 Å². The number of hydrogen-bond acceptors (Lipinski definition) is 3. The van der Waals surface area contributed by atoms with Crippen LogP contribution in [0.25, 0.3) is 0 Å². The van der Waals surface area contributed by atoms with Crippen LogP contribution in [0.1, 0.15) is 5.56 Å². The number of nitro groups is 1. The SMILES string of the molecule is Cc1cc(NCC(F)F)cc([N+](=O)[O-])c1. The summed E-state index contributed by atoms with van der Waals surface area (Å²) in [6, 6.07) is 4.19. The average molecular weight is 216 g/mol. The Labute approximate surface area is 85.1 Å². The highest BCUT2D eigenvalue weighted by molar-refractivity contribution is 5.53. The molecule has 0 aromatic heterocycles. The van der Waals surface area contributed by atoms with Gasteiger partial charge in [0.15, 0.2) is 0 Å². The van der Waals surface area contributed by atoms with Crippen molar-refractivity contribution in [2.24, 2.45) is 0 Å². The summed E-state index contributed by atoms with van der Waals surface area (Å²) in [6.07, 6.45) is -2.48. The topological polar surface area (TPSA) is 55.2 Å². The summed E-state index contributed by atoms with van der Waals surface area (Å²) in [5.41, 5.74) is 0.884. The van der Waals surface area contributed by atoms with Crippen molar-refractivity contribution >= 4 is 11.4 Å². The van der Waals surface area contributed by atoms with E-state index in [4.69, 9.17) is 0 Å². The number of rotatable bonds is 4. The molecule has 0 atom stereocenters. The maximum Gasteiger partial charge on any atom is 0.271 e. The lowest BCUT2D eigenvalue weighted by atomic mass is 10.2. The quantitative estimate of drug-likeness (QED) is 0.621. The van der Waals surface area contributed by atoms with E-state index in [0.29, 0.717) is 11.3 Å². The Bertz CT molecular complexity index is 369. The van der Waals surface area contributed by atoms with Gasteiger partial charge in [-0.05, 0) is 18.6 Å². The second-order valence-electron chi connectivity index (χ2n) is 3.09. The minimum atomic E-state index is -2.48. The van der Waals surface area contributed by atoms with Gasteiger partial charge in [-0.2, -0.15) is 0 Å². The molecule has 82 valence electrons. The van der Waals surface area contributed by atoms with Crippen LogP contribution in [-0.4, -0.2) is 17.9 Å². The van der Waals surface area contributed by atoms with Crippen LogP contribution >= 0.6 is 0 Å². The number of halogens is 2. The molecule has 0 unspecified atom stereocenters. The number of benzene rings is 1. The maximum atomic E-state index is 11.9. The summed E-state index contributed by atoms with van der Waals surface area (Å²) in [6.45, 7) is 1.15. The van der Waals surface area contributed by atoms with Gasteiger partial charge in [0.2, 0.25) is 0 Å². The van der Waals surface area contributed by atoms with Gasteiger partial charge in [-0.1, -0.05) is 0 Å². The van der Waals surface area contributed by atoms with Crippen molar-refractivity contribution in [2.75, 3.05) is 11.9 Å². The summed E-state index contributed by atoms with van der Waals surface area (Å²) in [5.74, 6) is 0. The molecule has 15 heavy (non-hydrogen) atoms. The molecule has 6 heteroatoms. The number of non-ortho nitro benzene ring substituents is 1. The lowest BCUT2D eigenvalue weighted by Crippen LogP contribution is -2.10. The smallest absolute Gasteiger partial charge is 0.271 e. The molecule has 0 fully saturated rings. The zero-order chi connectivity index (χ0) is 11.4. The average Bonchev–Trinajstić information content (AvgIpc) is 2.13. The number of hydrogen-bond donors (Lipinski definition) is 1. The molecule has 0 aliphatic heterocycles. The molecule has 0 spiro atoms. The first kappa shape index (κ1) is 11.4. The third kappa shape index (κ3) is 3.49. The van der Waals surface area contributed by atoms with E-state index >= 15 is 0 Å². The highest BCUT2D eigenvalue weighted by Crippen LogP contribution is 2.20. The van der Waals surface area contributed by atoms with Crippen molar-refractivity contribution < 1.29 is 13.7 Å². The molecule has 1 rings (SSSR count). The second-order valence-corrected chi connectivity index (χ2v) is 3.09. The summed E-state index contributed by atoms with van der Waals surface area (Å²) in [4.78, 5) is 9.92. The number of nitro benzene ring substituents is 1. The van der Waals surface area contributed by atoms with E-state index in [1.807, 2.05) is 0 Å². The fourth-order valence-electron chi connectivity index (χ4n) is 1.17. The summed E-state index contributed by atoms with van der Waals surface area (Å²) >= 11 is 0. The zero-order valence-electron chi connectivity index (χ0n) is 8.04. The Hall–Kier alpha value is -1.72. The molecule has 1 N–H and O–H groups in total. The molecule has 0 aliphatic carbocycles. The van der Waals surface area contributed by atoms with E-state index in [2.05, 4.69) is 5.32 Å². The van der Waals surface area contributed by atoms with Crippen LogP contribution in [0.15, 0.2) is 18.2 Å². The molecular weight excluding hydrogens is 206 g/mol. The molecule has 0 amide bonds. The predicted molar refractivity (Wildman–Crippen MR) is 52.3 cm³/mol. The minimum Gasteiger partial charge on any atom is -0.379 e. The Morgan fingerprint density at radius 1 is 1.47 bits per heavy atom. The normalized spacial score (nSPS) is 10.4. The first-order valence-corrected chi connectivity index (χ1v) is 4.27. The van der Waals surface area contributed by atoms with Crippen molar-refractivity contribution in [2.45, 2.75) is 13.3 Å². The predicted octanol–water partition coefficient (Wildman–Crippen LogP) is 2.58. The largest absolute Gasteiger partial charge is 0.379 e. The fraction of sp³-hybridized carbons (Fsp3) is 0.333. The fourth-order valence-corrected chi connectivity index (χ4v) is 1.17. The standard InChI is InChI=1S/C9H10F2N2O2/c1-6-2-7(12-5-9(10)11)4-8(3-6)13(14)15/h2-4,9,12H,5H2,1H3. The van der Waals surface area contributed by atoms with E-state index in [1.54, 1.807) is 13.0 Å². The third-order valence-corrected chi connectivity index (χ3v) is 1.73. The van der Waals surface area contributed by atoms with Gasteiger partial charge in [0.25, 0.3) is 12.1 Å². The molecule has 0 saturated carbocycles. The lowest BCUT2D eigenvalue weighted by molar-refractivity contribution is -0.384. The van der Waals surface area contributed by atoms with E-state index in [9.17, 15) is 18.9 Å². The summed E-state index contributed by atoms with van der Waals surface area (Å²) in [7, 11) is 0. The Morgan fingerprint density at radius 2 is 2.13 bits per heavy atom. The van der Waals surface area contributed by atoms with Crippen LogP contribution < -0.4 is 5.32 Å². The highest BCUT2D eigenvalue weighted by Gasteiger charge is 2.09. The number of alkyl halides is 2. The molecule has 0 radical (unpaired) electrons. The lowest BCUT2D eigenvalue weighted by Gasteiger charge is -2.06. The van der Waals surface area contributed by atoms with Crippen molar-refractivity contribution in [3.05, 3.63) is 33.9 Å². The Kier molecular flexibility index (Phi) is 3.54. The van der Waals surface area contributed by atoms with E-state index in [1.165, 1.54) is 12.1 Å². The van der Waals surface area contributed by atoms with Crippen LogP contribution in [0.2, 0.25) is 0 Å². The zero-order valence-corrected chi connectivity index (χ0v) is 8.04. The molecule has 0 bridgehead atoms. The molecule has 1 aromatic rings. The summed E-state index contributed by atoms with van der Waals surface area (Å²) < 4.78 is 23.8. The van der Waals surface area contributed by atoms with E-state index in [0.717, 1.165) is 0 Å². The van der Waals surface area contributed by atoms with Gasteiger partial charge in [0.05, 0.1) is 11.5 Å². The van der Waals surface area contributed by atoms with E-state index in [-0.39, 0.29) is 5.69 Å². The van der Waals surface area contributed by atoms with Crippen LogP contribution in [0.5, 0.6) is 0 Å². The Balaban J connectivity index is 2.84. The third-order valence-electron chi connectivity index (χ3n) is 1.73. The number of aryl methyl sites for hydroxylation is 1. The monoisotopic (exact) mass is 216 g/mol. The second kappa shape index (κ2) is 4.68. The van der Waals surface area contributed by atoms with Crippen molar-refractivity contribution in [1.82, 2.24) is 0 Å². The van der Waals surface area contributed by atoms with Crippen molar-refractivity contribution in [3.8, 4) is 0 Å². The number of anilines is 1. The molecule has 0 heterocycles. The number of nitrogens with one attached hydrogen (secondary N) is 1. The molecular formula is C9H10F2N2O2. The minimum absolute atomic E-state index is 0.105. The maximum absolute atomic E-state index is 11.9. The van der Waals surface area contributed by atoms with Crippen LogP contribution in [-0.2, 0) is 0 Å². The van der Waals surface area contributed by atoms with Gasteiger partial charge in [0, 0.05) is 17.8 Å². The van der Waals surface area contributed by atoms with Gasteiger partial charge in [-0.25, -0.2) is 8.78 Å². The van der Waals surface area contributed by atoms with Crippen molar-refractivity contribution in [3.63, 3.8) is 0 Å². The van der Waals surface area contributed by atoms with Gasteiger partial charge >= 0.3 is 0 Å². The van der Waals surface area contributed by atoms with Crippen LogP contribution in [0.3, 0.4) is 0 Å².